The molecule has 2 aromatic heterocycles. The summed E-state index contributed by atoms with van der Waals surface area (Å²) < 4.78 is 7.72. The van der Waals surface area contributed by atoms with Gasteiger partial charge in [-0.25, -0.2) is 9.78 Å². The average molecular weight is 387 g/mol. The zero-order valence-corrected chi connectivity index (χ0v) is 15.7. The predicted octanol–water partition coefficient (Wildman–Crippen LogP) is -0.497. The number of carbonyl (C=O) groups is 1. The number of amides is 1. The van der Waals surface area contributed by atoms with E-state index in [0.717, 1.165) is 4.57 Å². The summed E-state index contributed by atoms with van der Waals surface area (Å²) in [6.07, 6.45) is -0.622. The molecule has 0 saturated carbocycles. The van der Waals surface area contributed by atoms with Crippen molar-refractivity contribution < 1.29 is 14.6 Å². The van der Waals surface area contributed by atoms with Gasteiger partial charge in [0.1, 0.15) is 17.1 Å². The number of aromatic amines is 1. The van der Waals surface area contributed by atoms with E-state index in [2.05, 4.69) is 15.3 Å². The summed E-state index contributed by atoms with van der Waals surface area (Å²) in [4.78, 5) is 43.2. The Morgan fingerprint density at radius 2 is 1.93 bits per heavy atom. The van der Waals surface area contributed by atoms with Crippen molar-refractivity contribution in [2.45, 2.75) is 13.0 Å². The van der Waals surface area contributed by atoms with Gasteiger partial charge in [0.2, 0.25) is 0 Å². The number of imidazole rings is 1. The largest absolute Gasteiger partial charge is 0.484 e. The number of rotatable bonds is 6. The molecule has 0 fully saturated rings. The third kappa shape index (κ3) is 3.81. The van der Waals surface area contributed by atoms with Crippen LogP contribution in [0.2, 0.25) is 0 Å². The van der Waals surface area contributed by atoms with Crippen molar-refractivity contribution in [1.82, 2.24) is 24.4 Å². The highest BCUT2D eigenvalue weighted by Gasteiger charge is 2.14. The van der Waals surface area contributed by atoms with Crippen molar-refractivity contribution in [1.29, 1.82) is 0 Å². The van der Waals surface area contributed by atoms with Crippen molar-refractivity contribution in [2.24, 2.45) is 14.1 Å². The Hall–Kier alpha value is -3.40. The van der Waals surface area contributed by atoms with Gasteiger partial charge in [0.15, 0.2) is 12.3 Å². The molecule has 3 aromatic rings. The topological polar surface area (TPSA) is 131 Å². The van der Waals surface area contributed by atoms with E-state index in [-0.39, 0.29) is 30.2 Å². The van der Waals surface area contributed by atoms with Gasteiger partial charge in [-0.3, -0.25) is 18.7 Å². The van der Waals surface area contributed by atoms with E-state index in [1.54, 1.807) is 38.2 Å². The quantitative estimate of drug-likeness (QED) is 0.523. The van der Waals surface area contributed by atoms with Gasteiger partial charge in [-0.05, 0) is 31.2 Å². The fourth-order valence-electron chi connectivity index (χ4n) is 2.63. The molecule has 0 unspecified atom stereocenters. The second-order valence-corrected chi connectivity index (χ2v) is 6.46. The number of hydrogen-bond acceptors (Lipinski definition) is 6. The van der Waals surface area contributed by atoms with Gasteiger partial charge in [0.25, 0.3) is 11.5 Å². The molecule has 10 heteroatoms. The molecule has 0 bridgehead atoms. The molecule has 148 valence electrons. The number of aromatic nitrogens is 4. The van der Waals surface area contributed by atoms with Crippen LogP contribution in [-0.4, -0.2) is 49.4 Å². The van der Waals surface area contributed by atoms with E-state index < -0.39 is 17.4 Å². The number of benzene rings is 1. The average Bonchev–Trinajstić information content (AvgIpc) is 3.13. The zero-order chi connectivity index (χ0) is 20.4. The lowest BCUT2D eigenvalue weighted by molar-refractivity contribution is -0.123. The number of carbonyl (C=O) groups excluding carboxylic acids is 1. The molecule has 0 radical (unpaired) electrons. The number of aliphatic hydroxyl groups excluding tert-OH is 1. The van der Waals surface area contributed by atoms with Gasteiger partial charge in [-0.2, -0.15) is 0 Å². The highest BCUT2D eigenvalue weighted by Crippen LogP contribution is 2.21. The lowest BCUT2D eigenvalue weighted by Gasteiger charge is -2.09. The third-order valence-electron chi connectivity index (χ3n) is 4.19. The number of aryl methyl sites for hydroxylation is 1. The first-order valence-corrected chi connectivity index (χ1v) is 8.61. The minimum atomic E-state index is -0.622. The van der Waals surface area contributed by atoms with Crippen molar-refractivity contribution in [3.63, 3.8) is 0 Å². The van der Waals surface area contributed by atoms with Gasteiger partial charge in [0.05, 0.1) is 6.10 Å². The van der Waals surface area contributed by atoms with Crippen molar-refractivity contribution in [3.05, 3.63) is 45.1 Å². The monoisotopic (exact) mass is 387 g/mol. The fourth-order valence-corrected chi connectivity index (χ4v) is 2.63. The summed E-state index contributed by atoms with van der Waals surface area (Å²) in [7, 11) is 2.96. The van der Waals surface area contributed by atoms with Crippen molar-refractivity contribution in [2.75, 3.05) is 13.2 Å². The molecule has 0 aliphatic rings. The summed E-state index contributed by atoms with van der Waals surface area (Å²) in [5, 5.41) is 11.7. The number of fused-ring (bicyclic) bond motifs is 1. The van der Waals surface area contributed by atoms with Crippen molar-refractivity contribution in [3.8, 4) is 17.1 Å². The predicted molar refractivity (Wildman–Crippen MR) is 102 cm³/mol. The normalized spacial score (nSPS) is 12.1. The minimum Gasteiger partial charge on any atom is -0.484 e. The fraction of sp³-hybridized carbons (Fsp3) is 0.333. The van der Waals surface area contributed by atoms with E-state index in [4.69, 9.17) is 9.84 Å². The number of H-pyrrole nitrogens is 1. The van der Waals surface area contributed by atoms with Crippen LogP contribution in [-0.2, 0) is 18.9 Å². The van der Waals surface area contributed by atoms with Gasteiger partial charge < -0.3 is 20.1 Å². The maximum atomic E-state index is 12.2. The molecule has 10 nitrogen and oxygen atoms in total. The number of nitrogens with one attached hydrogen (secondary N) is 2. The summed E-state index contributed by atoms with van der Waals surface area (Å²) in [6.45, 7) is 1.57. The Labute approximate surface area is 159 Å². The molecule has 2 heterocycles. The SMILES string of the molecule is C[C@@H](O)CNC(=O)COc1ccc(-c2nc3c([nH]2)c(=O)n(C)c(=O)n3C)cc1. The smallest absolute Gasteiger partial charge is 0.332 e. The van der Waals surface area contributed by atoms with Crippen LogP contribution in [0.25, 0.3) is 22.6 Å². The van der Waals surface area contributed by atoms with Crippen LogP contribution in [0.5, 0.6) is 5.75 Å². The molecular formula is C18H21N5O5. The molecule has 0 spiro atoms. The Morgan fingerprint density at radius 3 is 2.57 bits per heavy atom. The number of hydrogen-bond donors (Lipinski definition) is 3. The summed E-state index contributed by atoms with van der Waals surface area (Å²) in [5.74, 6) is 0.587. The first-order chi connectivity index (χ1) is 13.3. The van der Waals surface area contributed by atoms with Crippen LogP contribution < -0.4 is 21.3 Å². The second kappa shape index (κ2) is 7.69. The molecule has 0 saturated heterocycles. The molecule has 0 aliphatic carbocycles. The first kappa shape index (κ1) is 19.4. The Bertz CT molecular complexity index is 1120. The summed E-state index contributed by atoms with van der Waals surface area (Å²) in [5.41, 5.74) is 0.317. The van der Waals surface area contributed by atoms with E-state index in [1.165, 1.54) is 11.6 Å². The Morgan fingerprint density at radius 1 is 1.25 bits per heavy atom. The molecule has 1 atom stereocenters. The maximum absolute atomic E-state index is 12.2. The van der Waals surface area contributed by atoms with Gasteiger partial charge >= 0.3 is 5.69 Å². The molecule has 1 amide bonds. The molecule has 1 aromatic carbocycles. The van der Waals surface area contributed by atoms with Gasteiger partial charge in [0, 0.05) is 26.2 Å². The van der Waals surface area contributed by atoms with Crippen LogP contribution >= 0.6 is 0 Å². The van der Waals surface area contributed by atoms with Crippen molar-refractivity contribution >= 4 is 17.1 Å². The number of ether oxygens (including phenoxy) is 1. The van der Waals surface area contributed by atoms with Crippen LogP contribution in [0, 0.1) is 0 Å². The van der Waals surface area contributed by atoms with Crippen LogP contribution in [0.15, 0.2) is 33.9 Å². The summed E-state index contributed by atoms with van der Waals surface area (Å²) in [6, 6.07) is 6.79. The van der Waals surface area contributed by atoms with E-state index in [1.807, 2.05) is 0 Å². The molecule has 28 heavy (non-hydrogen) atoms. The number of aliphatic hydroxyl groups is 1. The minimum absolute atomic E-state index is 0.162. The van der Waals surface area contributed by atoms with Crippen LogP contribution in [0.4, 0.5) is 0 Å². The van der Waals surface area contributed by atoms with E-state index >= 15 is 0 Å². The Balaban J connectivity index is 1.78. The van der Waals surface area contributed by atoms with Crippen LogP contribution in [0.3, 0.4) is 0 Å². The van der Waals surface area contributed by atoms with Gasteiger partial charge in [-0.1, -0.05) is 0 Å². The highest BCUT2D eigenvalue weighted by atomic mass is 16.5. The molecule has 0 aliphatic heterocycles. The van der Waals surface area contributed by atoms with E-state index in [9.17, 15) is 14.4 Å². The third-order valence-corrected chi connectivity index (χ3v) is 4.19. The van der Waals surface area contributed by atoms with Crippen LogP contribution in [0.1, 0.15) is 6.92 Å². The highest BCUT2D eigenvalue weighted by molar-refractivity contribution is 5.77. The Kier molecular flexibility index (Phi) is 5.32. The number of nitrogens with zero attached hydrogens (tertiary/aromatic N) is 3. The zero-order valence-electron chi connectivity index (χ0n) is 15.7. The van der Waals surface area contributed by atoms with E-state index in [0.29, 0.717) is 17.1 Å². The standard InChI is InChI=1S/C18H21N5O5/c1-10(24)8-19-13(25)9-28-12-6-4-11(5-7-12)15-20-14-16(21-15)22(2)18(27)23(3)17(14)26/h4-7,10,24H,8-9H2,1-3H3,(H,19,25)(H,20,21)/t10-/m1/s1. The van der Waals surface area contributed by atoms with Gasteiger partial charge in [-0.15, -0.1) is 0 Å². The lowest BCUT2D eigenvalue weighted by atomic mass is 10.2. The summed E-state index contributed by atoms with van der Waals surface area (Å²) >= 11 is 0. The second-order valence-electron chi connectivity index (χ2n) is 6.46. The molecular weight excluding hydrogens is 366 g/mol. The lowest BCUT2D eigenvalue weighted by Crippen LogP contribution is -2.36. The molecule has 3 rings (SSSR count). The molecule has 3 N–H and O–H groups in total. The maximum Gasteiger partial charge on any atom is 0.332 e. The first-order valence-electron chi connectivity index (χ1n) is 8.61.